The van der Waals surface area contributed by atoms with Gasteiger partial charge < -0.3 is 19.9 Å². The van der Waals surface area contributed by atoms with Crippen LogP contribution in [0.15, 0.2) is 24.3 Å². The molecule has 1 aliphatic rings. The Morgan fingerprint density at radius 2 is 2.05 bits per heavy atom. The van der Waals surface area contributed by atoms with Gasteiger partial charge in [-0.1, -0.05) is 19.1 Å². The first-order chi connectivity index (χ1) is 10.7. The number of ether oxygens (including phenoxy) is 1. The summed E-state index contributed by atoms with van der Waals surface area (Å²) in [5.41, 5.74) is 1.22. The summed E-state index contributed by atoms with van der Waals surface area (Å²) in [5, 5.41) is 3.25. The first-order valence-corrected chi connectivity index (χ1v) is 8.06. The second-order valence-electron chi connectivity index (χ2n) is 5.59. The number of carbonyl (C=O) groups is 1. The fraction of sp³-hybridized carbons (Fsp3) is 0.588. The van der Waals surface area contributed by atoms with Crippen LogP contribution in [0, 0.1) is 0 Å². The standard InChI is InChI=1S/C17H27N3O2/c1-3-19-9-11-20(12-10-19)17(21)14-18-8-7-15-5-4-6-16(13-15)22-2/h4-6,13,18H,3,7-12,14H2,1-2H3. The molecule has 122 valence electrons. The third-order valence-electron chi connectivity index (χ3n) is 4.17. The van der Waals surface area contributed by atoms with Gasteiger partial charge >= 0.3 is 0 Å². The summed E-state index contributed by atoms with van der Waals surface area (Å²) in [7, 11) is 1.67. The molecule has 2 rings (SSSR count). The molecule has 1 saturated heterocycles. The predicted molar refractivity (Wildman–Crippen MR) is 88.3 cm³/mol. The molecule has 5 nitrogen and oxygen atoms in total. The summed E-state index contributed by atoms with van der Waals surface area (Å²) in [4.78, 5) is 16.5. The van der Waals surface area contributed by atoms with Gasteiger partial charge in [0.15, 0.2) is 0 Å². The molecule has 1 aromatic carbocycles. The van der Waals surface area contributed by atoms with Gasteiger partial charge in [-0.2, -0.15) is 0 Å². The molecule has 0 atom stereocenters. The van der Waals surface area contributed by atoms with E-state index in [1.165, 1.54) is 5.56 Å². The molecule has 0 radical (unpaired) electrons. The number of carbonyl (C=O) groups excluding carboxylic acids is 1. The van der Waals surface area contributed by atoms with Gasteiger partial charge in [0, 0.05) is 26.2 Å². The average Bonchev–Trinajstić information content (AvgIpc) is 2.58. The Morgan fingerprint density at radius 3 is 2.73 bits per heavy atom. The third kappa shape index (κ3) is 5.00. The highest BCUT2D eigenvalue weighted by atomic mass is 16.5. The van der Waals surface area contributed by atoms with Crippen molar-refractivity contribution in [2.24, 2.45) is 0 Å². The molecule has 1 heterocycles. The van der Waals surface area contributed by atoms with E-state index in [-0.39, 0.29) is 5.91 Å². The van der Waals surface area contributed by atoms with Gasteiger partial charge in [0.25, 0.3) is 0 Å². The zero-order valence-electron chi connectivity index (χ0n) is 13.7. The number of rotatable bonds is 7. The summed E-state index contributed by atoms with van der Waals surface area (Å²) in [6.07, 6.45) is 0.897. The SMILES string of the molecule is CCN1CCN(C(=O)CNCCc2cccc(OC)c2)CC1. The topological polar surface area (TPSA) is 44.8 Å². The minimum Gasteiger partial charge on any atom is -0.497 e. The number of amides is 1. The highest BCUT2D eigenvalue weighted by Crippen LogP contribution is 2.12. The van der Waals surface area contributed by atoms with Gasteiger partial charge in [-0.25, -0.2) is 0 Å². The molecule has 5 heteroatoms. The van der Waals surface area contributed by atoms with Gasteiger partial charge in [-0.05, 0) is 37.2 Å². The molecular weight excluding hydrogens is 278 g/mol. The number of nitrogens with zero attached hydrogens (tertiary/aromatic N) is 2. The second-order valence-corrected chi connectivity index (χ2v) is 5.59. The number of likely N-dealkylation sites (N-methyl/N-ethyl adjacent to an activating group) is 1. The highest BCUT2D eigenvalue weighted by Gasteiger charge is 2.19. The van der Waals surface area contributed by atoms with Crippen LogP contribution in [0.25, 0.3) is 0 Å². The van der Waals surface area contributed by atoms with Crippen LogP contribution < -0.4 is 10.1 Å². The molecule has 0 aromatic heterocycles. The maximum absolute atomic E-state index is 12.1. The number of nitrogens with one attached hydrogen (secondary N) is 1. The molecule has 1 aromatic rings. The largest absolute Gasteiger partial charge is 0.497 e. The fourth-order valence-corrected chi connectivity index (χ4v) is 2.68. The maximum atomic E-state index is 12.1. The van der Waals surface area contributed by atoms with Crippen LogP contribution in [0.5, 0.6) is 5.75 Å². The Hall–Kier alpha value is -1.59. The van der Waals surface area contributed by atoms with Crippen LogP contribution in [-0.2, 0) is 11.2 Å². The van der Waals surface area contributed by atoms with Gasteiger partial charge in [-0.15, -0.1) is 0 Å². The number of piperazine rings is 1. The van der Waals surface area contributed by atoms with Crippen LogP contribution >= 0.6 is 0 Å². The van der Waals surface area contributed by atoms with E-state index in [9.17, 15) is 4.79 Å². The zero-order valence-corrected chi connectivity index (χ0v) is 13.7. The molecule has 1 N–H and O–H groups in total. The summed E-state index contributed by atoms with van der Waals surface area (Å²) in [6, 6.07) is 8.05. The van der Waals surface area contributed by atoms with Crippen molar-refractivity contribution >= 4 is 5.91 Å². The summed E-state index contributed by atoms with van der Waals surface area (Å²) in [5.74, 6) is 1.09. The predicted octanol–water partition coefficient (Wildman–Crippen LogP) is 0.991. The molecule has 0 saturated carbocycles. The normalized spacial score (nSPS) is 15.8. The number of hydrogen-bond acceptors (Lipinski definition) is 4. The Balaban J connectivity index is 1.65. The third-order valence-corrected chi connectivity index (χ3v) is 4.17. The maximum Gasteiger partial charge on any atom is 0.236 e. The van der Waals surface area contributed by atoms with Crippen molar-refractivity contribution in [3.05, 3.63) is 29.8 Å². The molecular formula is C17H27N3O2. The minimum atomic E-state index is 0.210. The van der Waals surface area contributed by atoms with Crippen molar-refractivity contribution in [1.29, 1.82) is 0 Å². The molecule has 0 aliphatic carbocycles. The second kappa shape index (κ2) is 8.76. The van der Waals surface area contributed by atoms with Crippen LogP contribution in [0.1, 0.15) is 12.5 Å². The molecule has 22 heavy (non-hydrogen) atoms. The summed E-state index contributed by atoms with van der Waals surface area (Å²) >= 11 is 0. The fourth-order valence-electron chi connectivity index (χ4n) is 2.68. The lowest BCUT2D eigenvalue weighted by molar-refractivity contribution is -0.131. The lowest BCUT2D eigenvalue weighted by Gasteiger charge is -2.34. The molecule has 0 unspecified atom stereocenters. The lowest BCUT2D eigenvalue weighted by atomic mass is 10.1. The van der Waals surface area contributed by atoms with Crippen molar-refractivity contribution in [1.82, 2.24) is 15.1 Å². The number of benzene rings is 1. The first kappa shape index (κ1) is 16.8. The Labute approximate surface area is 133 Å². The number of hydrogen-bond donors (Lipinski definition) is 1. The molecule has 0 spiro atoms. The van der Waals surface area contributed by atoms with Gasteiger partial charge in [0.2, 0.25) is 5.91 Å². The average molecular weight is 305 g/mol. The van der Waals surface area contributed by atoms with E-state index in [1.807, 2.05) is 23.1 Å². The van der Waals surface area contributed by atoms with E-state index in [0.717, 1.165) is 51.4 Å². The lowest BCUT2D eigenvalue weighted by Crippen LogP contribution is -2.50. The molecule has 0 bridgehead atoms. The van der Waals surface area contributed by atoms with E-state index >= 15 is 0 Å². The molecule has 1 aliphatic heterocycles. The van der Waals surface area contributed by atoms with Gasteiger partial charge in [0.1, 0.15) is 5.75 Å². The van der Waals surface area contributed by atoms with Crippen molar-refractivity contribution in [3.8, 4) is 5.75 Å². The Kier molecular flexibility index (Phi) is 6.68. The first-order valence-electron chi connectivity index (χ1n) is 8.06. The van der Waals surface area contributed by atoms with Gasteiger partial charge in [-0.3, -0.25) is 4.79 Å². The minimum absolute atomic E-state index is 0.210. The number of methoxy groups -OCH3 is 1. The summed E-state index contributed by atoms with van der Waals surface area (Å²) in [6.45, 7) is 8.15. The van der Waals surface area contributed by atoms with Gasteiger partial charge in [0.05, 0.1) is 13.7 Å². The Morgan fingerprint density at radius 1 is 1.27 bits per heavy atom. The van der Waals surface area contributed by atoms with Crippen molar-refractivity contribution in [3.63, 3.8) is 0 Å². The van der Waals surface area contributed by atoms with Crippen LogP contribution in [0.3, 0.4) is 0 Å². The van der Waals surface area contributed by atoms with Crippen LogP contribution in [-0.4, -0.2) is 68.6 Å². The van der Waals surface area contributed by atoms with E-state index in [0.29, 0.717) is 6.54 Å². The van der Waals surface area contributed by atoms with E-state index < -0.39 is 0 Å². The van der Waals surface area contributed by atoms with Crippen LogP contribution in [0.2, 0.25) is 0 Å². The Bertz CT molecular complexity index is 471. The van der Waals surface area contributed by atoms with E-state index in [2.05, 4.69) is 23.2 Å². The smallest absolute Gasteiger partial charge is 0.236 e. The molecule has 1 fully saturated rings. The van der Waals surface area contributed by atoms with Crippen molar-refractivity contribution in [2.75, 3.05) is 52.9 Å². The molecule has 1 amide bonds. The zero-order chi connectivity index (χ0) is 15.8. The monoisotopic (exact) mass is 305 g/mol. The van der Waals surface area contributed by atoms with Crippen LogP contribution in [0.4, 0.5) is 0 Å². The van der Waals surface area contributed by atoms with Crippen molar-refractivity contribution in [2.45, 2.75) is 13.3 Å². The van der Waals surface area contributed by atoms with E-state index in [1.54, 1.807) is 7.11 Å². The van der Waals surface area contributed by atoms with Crippen molar-refractivity contribution < 1.29 is 9.53 Å². The van der Waals surface area contributed by atoms with E-state index in [4.69, 9.17) is 4.74 Å². The highest BCUT2D eigenvalue weighted by molar-refractivity contribution is 5.78. The quantitative estimate of drug-likeness (QED) is 0.763. The summed E-state index contributed by atoms with van der Waals surface area (Å²) < 4.78 is 5.21.